The van der Waals surface area contributed by atoms with Crippen LogP contribution in [0.2, 0.25) is 42.8 Å². The summed E-state index contributed by atoms with van der Waals surface area (Å²) < 4.78 is 32.2. The fourth-order valence-electron chi connectivity index (χ4n) is 6.97. The highest BCUT2D eigenvalue weighted by Gasteiger charge is 2.60. The molecule has 0 bridgehead atoms. The van der Waals surface area contributed by atoms with Gasteiger partial charge < -0.3 is 16.5 Å². The highest BCUT2D eigenvalue weighted by molar-refractivity contribution is 7.08. The van der Waals surface area contributed by atoms with Crippen molar-refractivity contribution in [3.8, 4) is 0 Å². The zero-order valence-corrected chi connectivity index (χ0v) is 40.3. The van der Waals surface area contributed by atoms with Crippen LogP contribution in [0.15, 0.2) is 158 Å². The van der Waals surface area contributed by atoms with Crippen LogP contribution in [0.5, 0.6) is 0 Å². The average molecular weight is 829 g/mol. The maximum atomic E-state index is 8.34. The fraction of sp³-hybridized carbons (Fsp3) is 0.277. The van der Waals surface area contributed by atoms with E-state index >= 15 is 0 Å². The van der Waals surface area contributed by atoms with Gasteiger partial charge in [-0.1, -0.05) is 181 Å². The predicted molar refractivity (Wildman–Crippen MR) is 251 cm³/mol. The van der Waals surface area contributed by atoms with E-state index in [9.17, 15) is 0 Å². The van der Waals surface area contributed by atoms with Gasteiger partial charge in [-0.2, -0.15) is 0 Å². The normalized spacial score (nSPS) is 15.3. The van der Waals surface area contributed by atoms with Crippen molar-refractivity contribution >= 4 is 84.6 Å². The van der Waals surface area contributed by atoms with E-state index < -0.39 is 42.3 Å². The molecule has 0 aliphatic heterocycles. The van der Waals surface area contributed by atoms with E-state index in [0.717, 1.165) is 31.5 Å². The average Bonchev–Trinajstić information content (AvgIpc) is 3.17. The van der Waals surface area contributed by atoms with Crippen molar-refractivity contribution in [1.82, 2.24) is 0 Å². The summed E-state index contributed by atoms with van der Waals surface area (Å²) in [5.41, 5.74) is 2.00. The van der Waals surface area contributed by atoms with Gasteiger partial charge in [-0.3, -0.25) is 0 Å². The molecule has 0 saturated carbocycles. The molecule has 4 nitrogen and oxygen atoms in total. The van der Waals surface area contributed by atoms with E-state index in [-0.39, 0.29) is 10.1 Å². The second-order valence-electron chi connectivity index (χ2n) is 18.2. The van der Waals surface area contributed by atoms with E-state index in [1.165, 1.54) is 10.8 Å². The maximum Gasteiger partial charge on any atom is 0.390 e. The van der Waals surface area contributed by atoms with Crippen molar-refractivity contribution in [1.29, 1.82) is 0 Å². The molecule has 2 atom stereocenters. The van der Waals surface area contributed by atoms with Crippen LogP contribution in [-0.2, 0) is 16.5 Å². The molecule has 6 rings (SSSR count). The van der Waals surface area contributed by atoms with Crippen LogP contribution >= 0.6 is 0 Å². The third-order valence-corrected chi connectivity index (χ3v) is 36.5. The molecule has 0 aliphatic carbocycles. The first-order chi connectivity index (χ1) is 26.3. The molecule has 0 aromatic heterocycles. The second-order valence-corrected chi connectivity index (χ2v) is 37.6. The van der Waals surface area contributed by atoms with Crippen LogP contribution in [-0.4, -0.2) is 42.3 Å². The molecular formula is C47H60O4Si5. The van der Waals surface area contributed by atoms with E-state index in [0.29, 0.717) is 0 Å². The summed E-state index contributed by atoms with van der Waals surface area (Å²) in [6.45, 7) is 29.9. The van der Waals surface area contributed by atoms with Gasteiger partial charge in [0.15, 0.2) is 16.6 Å². The zero-order valence-electron chi connectivity index (χ0n) is 35.3. The highest BCUT2D eigenvalue weighted by atomic mass is 28.5. The van der Waals surface area contributed by atoms with Gasteiger partial charge in [-0.05, 0) is 91.7 Å². The largest absolute Gasteiger partial charge is 0.433 e. The lowest BCUT2D eigenvalue weighted by Crippen LogP contribution is -2.77. The second kappa shape index (κ2) is 15.7. The summed E-state index contributed by atoms with van der Waals surface area (Å²) in [6, 6.07) is 51.5. The van der Waals surface area contributed by atoms with Crippen LogP contribution in [0.3, 0.4) is 0 Å². The highest BCUT2D eigenvalue weighted by Crippen LogP contribution is 2.42. The van der Waals surface area contributed by atoms with Crippen LogP contribution in [0.4, 0.5) is 0 Å². The smallest absolute Gasteiger partial charge is 0.390 e. The first-order valence-corrected chi connectivity index (χ1v) is 31.6. The van der Waals surface area contributed by atoms with Crippen molar-refractivity contribution in [3.63, 3.8) is 0 Å². The molecule has 56 heavy (non-hydrogen) atoms. The Morgan fingerprint density at radius 1 is 0.446 bits per heavy atom. The standard InChI is InChI=1S/C47H60O4Si5/c1-13-55(39-28-17-14-18-29-39,49-53(10,11)47(5,6)7)51-56(40-30-19-15-20-31-40,41-32-21-16-22-33-41)50-54(12,48-52(8,9)46(2,3)4)45-37-38-27-23-24-34-42(38)43-35-25-26-36-44(43)45/h13-37H,1H2,2-12H3. The Hall–Kier alpha value is -3.50. The molecule has 6 aromatic rings. The minimum absolute atomic E-state index is 0.0864. The summed E-state index contributed by atoms with van der Waals surface area (Å²) in [7, 11) is -15.9. The van der Waals surface area contributed by atoms with Crippen molar-refractivity contribution in [3.05, 3.63) is 158 Å². The van der Waals surface area contributed by atoms with Gasteiger partial charge in [0.25, 0.3) is 0 Å². The monoisotopic (exact) mass is 828 g/mol. The minimum atomic E-state index is -3.83. The number of rotatable bonds is 13. The van der Waals surface area contributed by atoms with Gasteiger partial charge in [-0.15, -0.1) is 6.58 Å². The van der Waals surface area contributed by atoms with Crippen LogP contribution < -0.4 is 20.7 Å². The minimum Gasteiger partial charge on any atom is -0.433 e. The molecule has 0 amide bonds. The van der Waals surface area contributed by atoms with E-state index in [4.69, 9.17) is 16.5 Å². The Kier molecular flexibility index (Phi) is 11.8. The molecule has 2 unspecified atom stereocenters. The zero-order chi connectivity index (χ0) is 40.6. The predicted octanol–water partition coefficient (Wildman–Crippen LogP) is 10.7. The van der Waals surface area contributed by atoms with Gasteiger partial charge in [0.2, 0.25) is 0 Å². The fourth-order valence-corrected chi connectivity index (χ4v) is 29.9. The van der Waals surface area contributed by atoms with Gasteiger partial charge in [-0.25, -0.2) is 0 Å². The molecule has 0 saturated heterocycles. The summed E-state index contributed by atoms with van der Waals surface area (Å²) in [5, 5.41) is 8.67. The Morgan fingerprint density at radius 3 is 1.34 bits per heavy atom. The molecule has 0 fully saturated rings. The van der Waals surface area contributed by atoms with Gasteiger partial charge in [0.05, 0.1) is 0 Å². The third kappa shape index (κ3) is 8.11. The summed E-state index contributed by atoms with van der Waals surface area (Å²) >= 11 is 0. The summed E-state index contributed by atoms with van der Waals surface area (Å²) in [5.74, 6) is 0. The molecule has 0 aliphatic rings. The lowest BCUT2D eigenvalue weighted by atomic mass is 10.0. The van der Waals surface area contributed by atoms with Crippen molar-refractivity contribution in [2.45, 2.75) is 84.4 Å². The van der Waals surface area contributed by atoms with E-state index in [1.54, 1.807) is 0 Å². The van der Waals surface area contributed by atoms with Crippen LogP contribution in [0.25, 0.3) is 21.5 Å². The Bertz CT molecular complexity index is 2250. The SMILES string of the molecule is C=C[Si](O[Si](O[Si](C)(O[Si](C)(C)C(C)(C)C)c1cc2ccccc2c2ccccc12)(c1ccccc1)c1ccccc1)(O[Si](C)(C)C(C)(C)C)c1ccccc1. The number of hydrogen-bond acceptors (Lipinski definition) is 4. The molecule has 0 spiro atoms. The molecule has 9 heteroatoms. The number of benzene rings is 6. The summed E-state index contributed by atoms with van der Waals surface area (Å²) in [4.78, 5) is 0. The van der Waals surface area contributed by atoms with E-state index in [2.05, 4.69) is 226 Å². The quantitative estimate of drug-likeness (QED) is 0.0858. The Labute approximate surface area is 341 Å². The van der Waals surface area contributed by atoms with Crippen molar-refractivity contribution in [2.75, 3.05) is 0 Å². The van der Waals surface area contributed by atoms with Crippen LogP contribution in [0, 0.1) is 0 Å². The number of fused-ring (bicyclic) bond motifs is 3. The topological polar surface area (TPSA) is 36.9 Å². The first-order valence-electron chi connectivity index (χ1n) is 19.8. The lowest BCUT2D eigenvalue weighted by Gasteiger charge is -2.50. The molecule has 292 valence electrons. The molecule has 0 radical (unpaired) electrons. The molecule has 6 aromatic carbocycles. The Balaban J connectivity index is 1.74. The van der Waals surface area contributed by atoms with Gasteiger partial charge in [0.1, 0.15) is 0 Å². The molecule has 0 N–H and O–H groups in total. The lowest BCUT2D eigenvalue weighted by molar-refractivity contribution is 0.311. The Morgan fingerprint density at radius 2 is 0.857 bits per heavy atom. The van der Waals surface area contributed by atoms with Crippen LogP contribution in [0.1, 0.15) is 41.5 Å². The number of hydrogen-bond donors (Lipinski definition) is 0. The maximum absolute atomic E-state index is 8.34. The summed E-state index contributed by atoms with van der Waals surface area (Å²) in [6.07, 6.45) is 0. The van der Waals surface area contributed by atoms with Crippen molar-refractivity contribution < 1.29 is 16.5 Å². The third-order valence-electron chi connectivity index (χ3n) is 12.1. The van der Waals surface area contributed by atoms with Gasteiger partial charge >= 0.3 is 25.7 Å². The first kappa shape index (κ1) is 42.1. The molecular weight excluding hydrogens is 769 g/mol. The van der Waals surface area contributed by atoms with Gasteiger partial charge in [0, 0.05) is 5.19 Å². The van der Waals surface area contributed by atoms with Crippen molar-refractivity contribution in [2.24, 2.45) is 0 Å². The van der Waals surface area contributed by atoms with E-state index in [1.807, 2.05) is 5.70 Å². The molecule has 0 heterocycles.